The van der Waals surface area contributed by atoms with Crippen molar-refractivity contribution in [1.29, 1.82) is 0 Å². The molecule has 2 fully saturated rings. The van der Waals surface area contributed by atoms with Crippen molar-refractivity contribution in [3.63, 3.8) is 0 Å². The van der Waals surface area contributed by atoms with E-state index in [1.165, 1.54) is 31.7 Å². The molecule has 2 saturated carbocycles. The molecule has 31 heavy (non-hydrogen) atoms. The Morgan fingerprint density at radius 2 is 2.00 bits per heavy atom. The minimum atomic E-state index is -0.414. The molecule has 3 atom stereocenters. The molecular weight excluding hydrogens is 397 g/mol. The Morgan fingerprint density at radius 3 is 2.65 bits per heavy atom. The molecule has 5 nitrogen and oxygen atoms in total. The fourth-order valence-corrected chi connectivity index (χ4v) is 5.36. The van der Waals surface area contributed by atoms with Crippen LogP contribution in [0.2, 0.25) is 0 Å². The van der Waals surface area contributed by atoms with Gasteiger partial charge in [-0.1, -0.05) is 20.8 Å². The summed E-state index contributed by atoms with van der Waals surface area (Å²) in [5.41, 5.74) is 1.67. The Labute approximate surface area is 182 Å². The summed E-state index contributed by atoms with van der Waals surface area (Å²) >= 11 is 0. The van der Waals surface area contributed by atoms with Crippen LogP contribution in [0.1, 0.15) is 56.0 Å². The molecule has 0 aromatic heterocycles. The van der Waals surface area contributed by atoms with Crippen LogP contribution in [0.15, 0.2) is 36.4 Å². The molecule has 2 bridgehead atoms. The van der Waals surface area contributed by atoms with Gasteiger partial charge in [0.25, 0.3) is 0 Å². The van der Waals surface area contributed by atoms with Gasteiger partial charge in [-0.2, -0.15) is 0 Å². The lowest BCUT2D eigenvalue weighted by molar-refractivity contribution is -0.0244. The SMILES string of the molecule is COc1cc(NCc2cc(F)ccc2O)ccc1C(=O)OC1CC2CCC1(C)C2(C)C. The third kappa shape index (κ3) is 3.62. The van der Waals surface area contributed by atoms with Gasteiger partial charge in [0.1, 0.15) is 29.0 Å². The van der Waals surface area contributed by atoms with Crippen LogP contribution >= 0.6 is 0 Å². The number of halogens is 1. The smallest absolute Gasteiger partial charge is 0.342 e. The van der Waals surface area contributed by atoms with Gasteiger partial charge in [-0.15, -0.1) is 0 Å². The van der Waals surface area contributed by atoms with Gasteiger partial charge < -0.3 is 19.9 Å². The van der Waals surface area contributed by atoms with Gasteiger partial charge in [0.05, 0.1) is 7.11 Å². The molecule has 3 unspecified atom stereocenters. The highest BCUT2D eigenvalue weighted by atomic mass is 19.1. The summed E-state index contributed by atoms with van der Waals surface area (Å²) in [7, 11) is 1.51. The van der Waals surface area contributed by atoms with Crippen molar-refractivity contribution < 1.29 is 23.8 Å². The van der Waals surface area contributed by atoms with Gasteiger partial charge in [0.15, 0.2) is 0 Å². The molecule has 2 aromatic carbocycles. The van der Waals surface area contributed by atoms with Crippen molar-refractivity contribution in [1.82, 2.24) is 0 Å². The first kappa shape index (κ1) is 21.5. The topological polar surface area (TPSA) is 67.8 Å². The lowest BCUT2D eigenvalue weighted by Gasteiger charge is -2.38. The number of ether oxygens (including phenoxy) is 2. The van der Waals surface area contributed by atoms with Crippen LogP contribution in [-0.4, -0.2) is 24.3 Å². The molecule has 6 heteroatoms. The molecule has 0 amide bonds. The number of benzene rings is 2. The van der Waals surface area contributed by atoms with E-state index in [9.17, 15) is 14.3 Å². The molecule has 0 radical (unpaired) electrons. The van der Waals surface area contributed by atoms with E-state index in [2.05, 4.69) is 26.1 Å². The van der Waals surface area contributed by atoms with E-state index >= 15 is 0 Å². The molecule has 4 rings (SSSR count). The number of phenols is 1. The minimum absolute atomic E-state index is 0.00494. The highest BCUT2D eigenvalue weighted by Crippen LogP contribution is 2.66. The maximum Gasteiger partial charge on any atom is 0.342 e. The average molecular weight is 428 g/mol. The Morgan fingerprint density at radius 1 is 1.23 bits per heavy atom. The number of methoxy groups -OCH3 is 1. The van der Waals surface area contributed by atoms with Gasteiger partial charge in [0, 0.05) is 29.3 Å². The summed E-state index contributed by atoms with van der Waals surface area (Å²) in [6, 6.07) is 8.95. The first-order valence-corrected chi connectivity index (χ1v) is 10.8. The zero-order valence-electron chi connectivity index (χ0n) is 18.5. The number of esters is 1. The molecule has 2 N–H and O–H groups in total. The predicted molar refractivity (Wildman–Crippen MR) is 117 cm³/mol. The summed E-state index contributed by atoms with van der Waals surface area (Å²) in [5.74, 6) is 0.223. The minimum Gasteiger partial charge on any atom is -0.508 e. The Bertz CT molecular complexity index is 1010. The quantitative estimate of drug-likeness (QED) is 0.594. The van der Waals surface area contributed by atoms with E-state index in [0.29, 0.717) is 28.5 Å². The number of carbonyl (C=O) groups is 1. The van der Waals surface area contributed by atoms with E-state index < -0.39 is 5.82 Å². The zero-order valence-corrected chi connectivity index (χ0v) is 18.5. The summed E-state index contributed by atoms with van der Waals surface area (Å²) in [4.78, 5) is 13.0. The number of phenolic OH excluding ortho intramolecular Hbond substituents is 1. The predicted octanol–water partition coefficient (Wildman–Crippen LogP) is 5.52. The number of rotatable bonds is 6. The van der Waals surface area contributed by atoms with E-state index in [4.69, 9.17) is 9.47 Å². The van der Waals surface area contributed by atoms with Gasteiger partial charge in [0.2, 0.25) is 0 Å². The summed E-state index contributed by atoms with van der Waals surface area (Å²) in [6.45, 7) is 7.05. The van der Waals surface area contributed by atoms with E-state index in [1.807, 2.05) is 0 Å². The Balaban J connectivity index is 1.47. The number of aromatic hydroxyl groups is 1. The number of hydrogen-bond acceptors (Lipinski definition) is 5. The van der Waals surface area contributed by atoms with Crippen molar-refractivity contribution in [2.24, 2.45) is 16.7 Å². The van der Waals surface area contributed by atoms with Crippen molar-refractivity contribution in [3.8, 4) is 11.5 Å². The van der Waals surface area contributed by atoms with E-state index in [-0.39, 0.29) is 35.2 Å². The molecule has 2 aliphatic carbocycles. The lowest BCUT2D eigenvalue weighted by atomic mass is 9.70. The maximum atomic E-state index is 13.4. The monoisotopic (exact) mass is 427 g/mol. The standard InChI is InChI=1S/C25H30FNO4/c1-24(2)16-9-10-25(24,3)22(12-16)31-23(29)19-7-6-18(13-21(19)30-4)27-14-15-11-17(26)5-8-20(15)28/h5-8,11,13,16,22,27-28H,9-10,12,14H2,1-4H3. The van der Waals surface area contributed by atoms with E-state index in [0.717, 1.165) is 12.8 Å². The van der Waals surface area contributed by atoms with Gasteiger partial charge in [-0.25, -0.2) is 9.18 Å². The van der Waals surface area contributed by atoms with Crippen LogP contribution in [0, 0.1) is 22.6 Å². The number of anilines is 1. The molecule has 2 aliphatic rings. The summed E-state index contributed by atoms with van der Waals surface area (Å²) < 4.78 is 24.9. The number of nitrogens with one attached hydrogen (secondary N) is 1. The number of fused-ring (bicyclic) bond motifs is 2. The third-order valence-electron chi connectivity index (χ3n) is 7.91. The number of carbonyl (C=O) groups excluding carboxylic acids is 1. The second-order valence-corrected chi connectivity index (χ2v) is 9.55. The van der Waals surface area contributed by atoms with Crippen LogP contribution in [0.5, 0.6) is 11.5 Å². The second-order valence-electron chi connectivity index (χ2n) is 9.55. The van der Waals surface area contributed by atoms with Crippen molar-refractivity contribution in [2.45, 2.75) is 52.7 Å². The van der Waals surface area contributed by atoms with E-state index in [1.54, 1.807) is 18.2 Å². The molecule has 0 spiro atoms. The van der Waals surface area contributed by atoms with Crippen LogP contribution < -0.4 is 10.1 Å². The normalized spacial score (nSPS) is 26.0. The van der Waals surface area contributed by atoms with Crippen LogP contribution in [0.3, 0.4) is 0 Å². The van der Waals surface area contributed by atoms with Crippen LogP contribution in [0.25, 0.3) is 0 Å². The first-order valence-electron chi connectivity index (χ1n) is 10.8. The Kier molecular flexibility index (Phi) is 5.36. The van der Waals surface area contributed by atoms with Gasteiger partial charge in [-0.3, -0.25) is 0 Å². The molecule has 2 aromatic rings. The highest BCUT2D eigenvalue weighted by Gasteiger charge is 2.62. The summed E-state index contributed by atoms with van der Waals surface area (Å²) in [6.07, 6.45) is 3.10. The maximum absolute atomic E-state index is 13.4. The Hall–Kier alpha value is -2.76. The van der Waals surface area contributed by atoms with Crippen molar-refractivity contribution >= 4 is 11.7 Å². The van der Waals surface area contributed by atoms with Crippen LogP contribution in [0.4, 0.5) is 10.1 Å². The fraction of sp³-hybridized carbons (Fsp3) is 0.480. The largest absolute Gasteiger partial charge is 0.508 e. The lowest BCUT2D eigenvalue weighted by Crippen LogP contribution is -2.38. The van der Waals surface area contributed by atoms with Crippen molar-refractivity contribution in [2.75, 3.05) is 12.4 Å². The second kappa shape index (κ2) is 7.74. The first-order chi connectivity index (χ1) is 14.7. The highest BCUT2D eigenvalue weighted by molar-refractivity contribution is 5.93. The molecular formula is C25H30FNO4. The fourth-order valence-electron chi connectivity index (χ4n) is 5.36. The molecule has 0 saturated heterocycles. The number of hydrogen-bond donors (Lipinski definition) is 2. The molecule has 0 aliphatic heterocycles. The van der Waals surface area contributed by atoms with Gasteiger partial charge in [-0.05, 0) is 60.9 Å². The van der Waals surface area contributed by atoms with Gasteiger partial charge >= 0.3 is 5.97 Å². The summed E-state index contributed by atoms with van der Waals surface area (Å²) in [5, 5.41) is 13.0. The van der Waals surface area contributed by atoms with Crippen LogP contribution in [-0.2, 0) is 11.3 Å². The average Bonchev–Trinajstić information content (AvgIpc) is 3.07. The van der Waals surface area contributed by atoms with Crippen molar-refractivity contribution in [3.05, 3.63) is 53.3 Å². The zero-order chi connectivity index (χ0) is 22.4. The molecule has 0 heterocycles. The third-order valence-corrected chi connectivity index (χ3v) is 7.91. The molecule has 166 valence electrons.